The van der Waals surface area contributed by atoms with Crippen molar-refractivity contribution in [3.8, 4) is 17.4 Å². The van der Waals surface area contributed by atoms with Gasteiger partial charge in [0.25, 0.3) is 5.92 Å². The van der Waals surface area contributed by atoms with Crippen LogP contribution < -0.4 is 10.5 Å². The van der Waals surface area contributed by atoms with Crippen LogP contribution >= 0.6 is 0 Å². The molecule has 4 aromatic rings. The Labute approximate surface area is 212 Å². The molecular formula is C26H28F3N7O. The average Bonchev–Trinajstić information content (AvgIpc) is 3.24. The number of fused-ring (bicyclic) bond motifs is 1. The van der Waals surface area contributed by atoms with Crippen molar-refractivity contribution in [2.45, 2.75) is 45.2 Å². The van der Waals surface area contributed by atoms with Crippen LogP contribution in [0.4, 0.5) is 19.0 Å². The van der Waals surface area contributed by atoms with E-state index >= 15 is 0 Å². The zero-order chi connectivity index (χ0) is 26.0. The van der Waals surface area contributed by atoms with Crippen molar-refractivity contribution in [2.75, 3.05) is 25.4 Å². The minimum atomic E-state index is -2.56. The summed E-state index contributed by atoms with van der Waals surface area (Å²) in [5.41, 5.74) is 9.52. The number of piperidine rings is 1. The predicted molar refractivity (Wildman–Crippen MR) is 134 cm³/mol. The van der Waals surface area contributed by atoms with Crippen LogP contribution in [0.2, 0.25) is 0 Å². The van der Waals surface area contributed by atoms with E-state index < -0.39 is 11.7 Å². The van der Waals surface area contributed by atoms with Crippen LogP contribution in [-0.4, -0.2) is 55.0 Å². The van der Waals surface area contributed by atoms with E-state index in [0.717, 1.165) is 23.7 Å². The molecule has 0 amide bonds. The third-order valence-electron chi connectivity index (χ3n) is 6.36. The number of benzene rings is 1. The number of ether oxygens (including phenoxy) is 1. The van der Waals surface area contributed by atoms with E-state index in [9.17, 15) is 13.2 Å². The average molecular weight is 512 g/mol. The molecule has 0 radical (unpaired) electrons. The summed E-state index contributed by atoms with van der Waals surface area (Å²) in [6.07, 6.45) is 3.23. The van der Waals surface area contributed by atoms with E-state index in [4.69, 9.17) is 10.5 Å². The second-order valence-corrected chi connectivity index (χ2v) is 9.27. The normalized spacial score (nSPS) is 15.8. The van der Waals surface area contributed by atoms with Gasteiger partial charge in [-0.05, 0) is 23.6 Å². The highest BCUT2D eigenvalue weighted by molar-refractivity contribution is 5.85. The van der Waals surface area contributed by atoms with E-state index in [-0.39, 0.29) is 24.7 Å². The van der Waals surface area contributed by atoms with Crippen LogP contribution in [0.1, 0.15) is 37.3 Å². The van der Waals surface area contributed by atoms with Gasteiger partial charge in [0.1, 0.15) is 11.6 Å². The van der Waals surface area contributed by atoms with Crippen LogP contribution in [0.25, 0.3) is 22.6 Å². The molecule has 37 heavy (non-hydrogen) atoms. The number of pyridine rings is 1. The Bertz CT molecular complexity index is 1380. The maximum atomic E-state index is 14.0. The number of hydrogen-bond acceptors (Lipinski definition) is 7. The third-order valence-corrected chi connectivity index (χ3v) is 6.36. The molecule has 1 saturated heterocycles. The number of alkyl halides is 2. The molecule has 0 aliphatic carbocycles. The number of nitrogens with two attached hydrogens (primary N) is 1. The van der Waals surface area contributed by atoms with Crippen molar-refractivity contribution < 1.29 is 17.9 Å². The number of halogens is 3. The first-order valence-corrected chi connectivity index (χ1v) is 12.3. The van der Waals surface area contributed by atoms with Gasteiger partial charge in [0.2, 0.25) is 0 Å². The molecule has 4 heterocycles. The first kappa shape index (κ1) is 24.9. The molecule has 1 aliphatic heterocycles. The lowest BCUT2D eigenvalue weighted by atomic mass is 10.1. The standard InChI is InChI=1S/C26H28F3N7O/c1-2-11-37-25-33-22(30)21-24(34-25)36(23(32-21)19-12-20(27)14-31-13-19)16-18-5-3-17(4-6-18)15-35-9-7-26(28,29)8-10-35/h3-6,12-14H,2,7-11,15-16H2,1H3,(H2,30,33,34). The number of hydrogen-bond donors (Lipinski definition) is 1. The SMILES string of the molecule is CCCOc1nc(N)c2nc(-c3cncc(F)c3)n(Cc3ccc(CN4CCC(F)(F)CC4)cc3)c2n1. The lowest BCUT2D eigenvalue weighted by Gasteiger charge is -2.31. The fourth-order valence-electron chi connectivity index (χ4n) is 4.39. The quantitative estimate of drug-likeness (QED) is 0.367. The Hall–Kier alpha value is -3.73. The summed E-state index contributed by atoms with van der Waals surface area (Å²) in [6.45, 7) is 4.17. The topological polar surface area (TPSA) is 95.0 Å². The van der Waals surface area contributed by atoms with E-state index in [0.29, 0.717) is 55.3 Å². The van der Waals surface area contributed by atoms with Gasteiger partial charge in [0.05, 0.1) is 19.3 Å². The minimum absolute atomic E-state index is 0.106. The zero-order valence-corrected chi connectivity index (χ0v) is 20.5. The zero-order valence-electron chi connectivity index (χ0n) is 20.5. The smallest absolute Gasteiger partial charge is 0.320 e. The van der Waals surface area contributed by atoms with Crippen molar-refractivity contribution >= 4 is 17.0 Å². The number of likely N-dealkylation sites (tertiary alicyclic amines) is 1. The molecule has 11 heteroatoms. The third kappa shape index (κ3) is 5.66. The van der Waals surface area contributed by atoms with Crippen molar-refractivity contribution in [1.82, 2.24) is 29.4 Å². The highest BCUT2D eigenvalue weighted by atomic mass is 19.3. The van der Waals surface area contributed by atoms with Gasteiger partial charge in [-0.3, -0.25) is 9.88 Å². The Morgan fingerprint density at radius 3 is 2.38 bits per heavy atom. The largest absolute Gasteiger partial charge is 0.463 e. The molecule has 3 aromatic heterocycles. The second-order valence-electron chi connectivity index (χ2n) is 9.27. The number of nitrogen functional groups attached to an aromatic ring is 1. The number of imidazole rings is 1. The van der Waals surface area contributed by atoms with Gasteiger partial charge in [0.15, 0.2) is 17.0 Å². The number of nitrogens with zero attached hydrogens (tertiary/aromatic N) is 6. The highest BCUT2D eigenvalue weighted by Gasteiger charge is 2.33. The van der Waals surface area contributed by atoms with E-state index in [1.807, 2.05) is 40.7 Å². The molecule has 1 aromatic carbocycles. The summed E-state index contributed by atoms with van der Waals surface area (Å²) < 4.78 is 48.4. The fourth-order valence-corrected chi connectivity index (χ4v) is 4.39. The number of anilines is 1. The molecular weight excluding hydrogens is 483 g/mol. The molecule has 5 rings (SSSR count). The van der Waals surface area contributed by atoms with Gasteiger partial charge in [-0.2, -0.15) is 9.97 Å². The number of rotatable bonds is 8. The highest BCUT2D eigenvalue weighted by Crippen LogP contribution is 2.30. The van der Waals surface area contributed by atoms with Gasteiger partial charge in [0, 0.05) is 44.2 Å². The van der Waals surface area contributed by atoms with Gasteiger partial charge in [-0.1, -0.05) is 31.2 Å². The van der Waals surface area contributed by atoms with Gasteiger partial charge in [-0.25, -0.2) is 18.2 Å². The Morgan fingerprint density at radius 2 is 1.70 bits per heavy atom. The lowest BCUT2D eigenvalue weighted by Crippen LogP contribution is -2.38. The van der Waals surface area contributed by atoms with Crippen LogP contribution in [-0.2, 0) is 13.1 Å². The molecule has 0 atom stereocenters. The van der Waals surface area contributed by atoms with Crippen molar-refractivity contribution in [3.05, 3.63) is 59.7 Å². The number of aromatic nitrogens is 5. The van der Waals surface area contributed by atoms with Gasteiger partial charge < -0.3 is 15.0 Å². The Balaban J connectivity index is 1.45. The lowest BCUT2D eigenvalue weighted by molar-refractivity contribution is -0.0566. The van der Waals surface area contributed by atoms with Crippen molar-refractivity contribution in [2.24, 2.45) is 0 Å². The van der Waals surface area contributed by atoms with Gasteiger partial charge in [-0.15, -0.1) is 0 Å². The molecule has 0 spiro atoms. The van der Waals surface area contributed by atoms with Crippen molar-refractivity contribution in [3.63, 3.8) is 0 Å². The minimum Gasteiger partial charge on any atom is -0.463 e. The van der Waals surface area contributed by atoms with Crippen LogP contribution in [0.5, 0.6) is 6.01 Å². The van der Waals surface area contributed by atoms with Gasteiger partial charge >= 0.3 is 6.01 Å². The monoisotopic (exact) mass is 511 g/mol. The second kappa shape index (κ2) is 10.3. The first-order chi connectivity index (χ1) is 17.8. The van der Waals surface area contributed by atoms with Crippen molar-refractivity contribution in [1.29, 1.82) is 0 Å². The van der Waals surface area contributed by atoms with Crippen LogP contribution in [0, 0.1) is 5.82 Å². The summed E-state index contributed by atoms with van der Waals surface area (Å²) in [5.74, 6) is -2.42. The van der Waals surface area contributed by atoms with E-state index in [1.165, 1.54) is 12.3 Å². The molecule has 0 saturated carbocycles. The maximum Gasteiger partial charge on any atom is 0.320 e. The molecule has 0 unspecified atom stereocenters. The summed E-state index contributed by atoms with van der Waals surface area (Å²) in [6, 6.07) is 9.44. The molecule has 1 fully saturated rings. The molecule has 8 nitrogen and oxygen atoms in total. The van der Waals surface area contributed by atoms with E-state index in [2.05, 4.69) is 19.9 Å². The van der Waals surface area contributed by atoms with Crippen LogP contribution in [0.3, 0.4) is 0 Å². The molecule has 0 bridgehead atoms. The molecule has 194 valence electrons. The predicted octanol–water partition coefficient (Wildman–Crippen LogP) is 4.68. The summed E-state index contributed by atoms with van der Waals surface area (Å²) in [4.78, 5) is 19.4. The summed E-state index contributed by atoms with van der Waals surface area (Å²) >= 11 is 0. The van der Waals surface area contributed by atoms with E-state index in [1.54, 1.807) is 0 Å². The molecule has 2 N–H and O–H groups in total. The Morgan fingerprint density at radius 1 is 1.00 bits per heavy atom. The Kier molecular flexibility index (Phi) is 6.96. The first-order valence-electron chi connectivity index (χ1n) is 12.3. The summed E-state index contributed by atoms with van der Waals surface area (Å²) in [5, 5.41) is 0. The van der Waals surface area contributed by atoms with Crippen LogP contribution in [0.15, 0.2) is 42.7 Å². The fraction of sp³-hybridized carbons (Fsp3) is 0.385. The summed E-state index contributed by atoms with van der Waals surface area (Å²) in [7, 11) is 0. The molecule has 1 aliphatic rings. The maximum absolute atomic E-state index is 14.0.